The quantitative estimate of drug-likeness (QED) is 0.726. The van der Waals surface area contributed by atoms with Gasteiger partial charge in [0.1, 0.15) is 0 Å². The fourth-order valence-electron chi connectivity index (χ4n) is 4.22. The van der Waals surface area contributed by atoms with Gasteiger partial charge in [0.2, 0.25) is 17.7 Å². The monoisotopic (exact) mass is 380 g/mol. The standard InChI is InChI=1S/C19H32N4O4/c1-14-11-23(12-15(2)27-14)18(25)13-21-6-3-7-22(9-8-21)19(26)16-4-5-17(24)20-10-16/h14-16H,3-13H2,1-2H3,(H,20,24)/t14-,15+,16?. The second-order valence-corrected chi connectivity index (χ2v) is 8.05. The summed E-state index contributed by atoms with van der Waals surface area (Å²) in [4.78, 5) is 42.7. The molecular weight excluding hydrogens is 348 g/mol. The third kappa shape index (κ3) is 5.42. The fourth-order valence-corrected chi connectivity index (χ4v) is 4.22. The molecule has 3 rings (SSSR count). The van der Waals surface area contributed by atoms with Crippen molar-refractivity contribution in [2.75, 3.05) is 52.4 Å². The maximum absolute atomic E-state index is 12.7. The van der Waals surface area contributed by atoms with E-state index in [0.717, 1.165) is 19.5 Å². The van der Waals surface area contributed by atoms with Crippen LogP contribution in [0.15, 0.2) is 0 Å². The van der Waals surface area contributed by atoms with Gasteiger partial charge in [-0.15, -0.1) is 0 Å². The molecule has 0 aromatic rings. The Morgan fingerprint density at radius 1 is 1.07 bits per heavy atom. The van der Waals surface area contributed by atoms with Crippen molar-refractivity contribution in [3.8, 4) is 0 Å². The van der Waals surface area contributed by atoms with Crippen molar-refractivity contribution in [3.63, 3.8) is 0 Å². The molecule has 3 fully saturated rings. The molecule has 3 atom stereocenters. The lowest BCUT2D eigenvalue weighted by Crippen LogP contribution is -2.51. The number of carbonyl (C=O) groups is 3. The minimum atomic E-state index is -0.104. The fraction of sp³-hybridized carbons (Fsp3) is 0.842. The van der Waals surface area contributed by atoms with Crippen molar-refractivity contribution >= 4 is 17.7 Å². The highest BCUT2D eigenvalue weighted by Gasteiger charge is 2.31. The van der Waals surface area contributed by atoms with Crippen LogP contribution in [0.5, 0.6) is 0 Å². The summed E-state index contributed by atoms with van der Waals surface area (Å²) in [5.74, 6) is 0.212. The third-order valence-electron chi connectivity index (χ3n) is 5.65. The molecule has 1 unspecified atom stereocenters. The molecule has 3 saturated heterocycles. The Bertz CT molecular complexity index is 550. The summed E-state index contributed by atoms with van der Waals surface area (Å²) in [5, 5.41) is 2.79. The van der Waals surface area contributed by atoms with Gasteiger partial charge in [-0.3, -0.25) is 19.3 Å². The topological polar surface area (TPSA) is 82.2 Å². The van der Waals surface area contributed by atoms with Crippen molar-refractivity contribution < 1.29 is 19.1 Å². The molecule has 0 aromatic heterocycles. The molecule has 0 aromatic carbocycles. The molecule has 0 saturated carbocycles. The van der Waals surface area contributed by atoms with Gasteiger partial charge in [0.05, 0.1) is 24.7 Å². The average molecular weight is 380 g/mol. The lowest BCUT2D eigenvalue weighted by atomic mass is 9.97. The number of ether oxygens (including phenoxy) is 1. The van der Waals surface area contributed by atoms with Gasteiger partial charge in [-0.2, -0.15) is 0 Å². The molecule has 0 spiro atoms. The van der Waals surface area contributed by atoms with E-state index >= 15 is 0 Å². The number of carbonyl (C=O) groups excluding carboxylic acids is 3. The zero-order chi connectivity index (χ0) is 19.4. The molecule has 8 nitrogen and oxygen atoms in total. The van der Waals surface area contributed by atoms with Crippen LogP contribution in [0, 0.1) is 5.92 Å². The average Bonchev–Trinajstić information content (AvgIpc) is 2.86. The Balaban J connectivity index is 1.47. The van der Waals surface area contributed by atoms with Crippen LogP contribution in [-0.2, 0) is 19.1 Å². The first-order valence-corrected chi connectivity index (χ1v) is 10.1. The molecule has 3 heterocycles. The minimum absolute atomic E-state index is 0.0337. The molecule has 0 bridgehead atoms. The first-order chi connectivity index (χ1) is 12.9. The second kappa shape index (κ2) is 9.01. The molecule has 8 heteroatoms. The zero-order valence-electron chi connectivity index (χ0n) is 16.5. The Kier molecular flexibility index (Phi) is 6.70. The molecular formula is C19H32N4O4. The van der Waals surface area contributed by atoms with Crippen molar-refractivity contribution in [2.24, 2.45) is 5.92 Å². The van der Waals surface area contributed by atoms with E-state index < -0.39 is 0 Å². The van der Waals surface area contributed by atoms with Gasteiger partial charge in [-0.05, 0) is 26.7 Å². The van der Waals surface area contributed by atoms with Gasteiger partial charge in [-0.1, -0.05) is 0 Å². The number of piperidine rings is 1. The molecule has 1 N–H and O–H groups in total. The summed E-state index contributed by atoms with van der Waals surface area (Å²) in [7, 11) is 0. The first-order valence-electron chi connectivity index (χ1n) is 10.1. The van der Waals surface area contributed by atoms with Crippen LogP contribution in [-0.4, -0.2) is 97.0 Å². The number of rotatable bonds is 3. The Labute approximate surface area is 161 Å². The van der Waals surface area contributed by atoms with Crippen molar-refractivity contribution in [1.29, 1.82) is 0 Å². The molecule has 3 aliphatic rings. The van der Waals surface area contributed by atoms with E-state index in [9.17, 15) is 14.4 Å². The Morgan fingerprint density at radius 3 is 2.48 bits per heavy atom. The number of hydrogen-bond donors (Lipinski definition) is 1. The van der Waals surface area contributed by atoms with Gasteiger partial charge >= 0.3 is 0 Å². The van der Waals surface area contributed by atoms with Gasteiger partial charge in [0.15, 0.2) is 0 Å². The van der Waals surface area contributed by atoms with E-state index in [2.05, 4.69) is 10.2 Å². The van der Waals surface area contributed by atoms with Crippen LogP contribution in [0.25, 0.3) is 0 Å². The molecule has 27 heavy (non-hydrogen) atoms. The predicted molar refractivity (Wildman–Crippen MR) is 100.0 cm³/mol. The summed E-state index contributed by atoms with van der Waals surface area (Å²) in [6.45, 7) is 9.05. The van der Waals surface area contributed by atoms with E-state index in [0.29, 0.717) is 52.1 Å². The van der Waals surface area contributed by atoms with Crippen LogP contribution in [0.4, 0.5) is 0 Å². The molecule has 3 amide bonds. The van der Waals surface area contributed by atoms with Crippen molar-refractivity contribution in [3.05, 3.63) is 0 Å². The first kappa shape index (κ1) is 20.1. The number of hydrogen-bond acceptors (Lipinski definition) is 5. The van der Waals surface area contributed by atoms with Crippen LogP contribution < -0.4 is 5.32 Å². The van der Waals surface area contributed by atoms with Gasteiger partial charge in [0.25, 0.3) is 0 Å². The predicted octanol–water partition coefficient (Wildman–Crippen LogP) is -0.317. The third-order valence-corrected chi connectivity index (χ3v) is 5.65. The highest BCUT2D eigenvalue weighted by molar-refractivity contribution is 5.83. The molecule has 152 valence electrons. The number of nitrogens with zero attached hydrogens (tertiary/aromatic N) is 3. The van der Waals surface area contributed by atoms with Crippen LogP contribution in [0.3, 0.4) is 0 Å². The SMILES string of the molecule is C[C@@H]1CN(C(=O)CN2CCCN(C(=O)C3CCC(=O)NC3)CC2)C[C@H](C)O1. The van der Waals surface area contributed by atoms with Crippen LogP contribution in [0.2, 0.25) is 0 Å². The van der Waals surface area contributed by atoms with Crippen LogP contribution >= 0.6 is 0 Å². The highest BCUT2D eigenvalue weighted by Crippen LogP contribution is 2.16. The highest BCUT2D eigenvalue weighted by atomic mass is 16.5. The lowest BCUT2D eigenvalue weighted by Gasteiger charge is -2.36. The lowest BCUT2D eigenvalue weighted by molar-refractivity contribution is -0.144. The minimum Gasteiger partial charge on any atom is -0.372 e. The van der Waals surface area contributed by atoms with Crippen LogP contribution in [0.1, 0.15) is 33.1 Å². The van der Waals surface area contributed by atoms with Gasteiger partial charge in [-0.25, -0.2) is 0 Å². The van der Waals surface area contributed by atoms with Crippen molar-refractivity contribution in [2.45, 2.75) is 45.3 Å². The van der Waals surface area contributed by atoms with Gasteiger partial charge < -0.3 is 19.9 Å². The normalized spacial score (nSPS) is 30.6. The van der Waals surface area contributed by atoms with E-state index in [1.165, 1.54) is 0 Å². The largest absolute Gasteiger partial charge is 0.372 e. The molecule has 0 radical (unpaired) electrons. The van der Waals surface area contributed by atoms with Crippen molar-refractivity contribution in [1.82, 2.24) is 20.0 Å². The summed E-state index contributed by atoms with van der Waals surface area (Å²) >= 11 is 0. The van der Waals surface area contributed by atoms with Gasteiger partial charge in [0, 0.05) is 52.2 Å². The second-order valence-electron chi connectivity index (χ2n) is 8.05. The number of morpholine rings is 1. The maximum Gasteiger partial charge on any atom is 0.236 e. The Morgan fingerprint density at radius 2 is 1.81 bits per heavy atom. The maximum atomic E-state index is 12.7. The number of amides is 3. The van der Waals surface area contributed by atoms with E-state index in [4.69, 9.17) is 4.74 Å². The van der Waals surface area contributed by atoms with E-state index in [-0.39, 0.29) is 35.8 Å². The summed E-state index contributed by atoms with van der Waals surface area (Å²) in [6.07, 6.45) is 2.09. The molecule has 0 aliphatic carbocycles. The summed E-state index contributed by atoms with van der Waals surface area (Å²) < 4.78 is 5.70. The zero-order valence-corrected chi connectivity index (χ0v) is 16.5. The summed E-state index contributed by atoms with van der Waals surface area (Å²) in [5.41, 5.74) is 0. The summed E-state index contributed by atoms with van der Waals surface area (Å²) in [6, 6.07) is 0. The number of nitrogens with one attached hydrogen (secondary N) is 1. The Hall–Kier alpha value is -1.67. The van der Waals surface area contributed by atoms with E-state index in [1.807, 2.05) is 23.6 Å². The smallest absolute Gasteiger partial charge is 0.236 e. The van der Waals surface area contributed by atoms with E-state index in [1.54, 1.807) is 0 Å². The molecule has 3 aliphatic heterocycles.